The van der Waals surface area contributed by atoms with E-state index in [9.17, 15) is 4.79 Å². The number of hydrazone groups is 1. The van der Waals surface area contributed by atoms with Gasteiger partial charge in [-0.05, 0) is 36.4 Å². The highest BCUT2D eigenvalue weighted by molar-refractivity contribution is 7.99. The Hall–Kier alpha value is -3.36. The number of aromatic nitrogens is 3. The van der Waals surface area contributed by atoms with Gasteiger partial charge >= 0.3 is 0 Å². The fourth-order valence-electron chi connectivity index (χ4n) is 2.68. The molecule has 0 bridgehead atoms. The maximum Gasteiger partial charge on any atom is 0.250 e. The molecule has 0 saturated heterocycles. The summed E-state index contributed by atoms with van der Waals surface area (Å²) in [5.41, 5.74) is 4.19. The van der Waals surface area contributed by atoms with Gasteiger partial charge in [-0.15, -0.1) is 10.2 Å². The van der Waals surface area contributed by atoms with E-state index in [0.717, 1.165) is 11.3 Å². The molecule has 1 N–H and O–H groups in total. The van der Waals surface area contributed by atoms with Crippen molar-refractivity contribution in [3.05, 3.63) is 83.8 Å². The van der Waals surface area contributed by atoms with E-state index in [1.807, 2.05) is 53.1 Å². The third-order valence-electron chi connectivity index (χ3n) is 3.99. The standard InChI is InChI=1S/C21H16ClN5O2S/c22-16-7-4-6-15(12-16)20-25-26-21(27(20)17-8-2-1-3-9-17)30-14-19(28)24-23-13-18-10-5-11-29-18/h1-13H,14H2,(H,24,28). The van der Waals surface area contributed by atoms with E-state index in [0.29, 0.717) is 21.8 Å². The smallest absolute Gasteiger partial charge is 0.250 e. The van der Waals surface area contributed by atoms with Gasteiger partial charge in [0.25, 0.3) is 5.91 Å². The van der Waals surface area contributed by atoms with Gasteiger partial charge < -0.3 is 4.42 Å². The van der Waals surface area contributed by atoms with E-state index >= 15 is 0 Å². The minimum absolute atomic E-state index is 0.121. The number of halogens is 1. The Morgan fingerprint density at radius 1 is 1.13 bits per heavy atom. The van der Waals surface area contributed by atoms with Crippen LogP contribution in [0.2, 0.25) is 5.02 Å². The molecule has 4 rings (SSSR count). The maximum atomic E-state index is 12.2. The van der Waals surface area contributed by atoms with Gasteiger partial charge in [-0.2, -0.15) is 5.10 Å². The molecule has 0 fully saturated rings. The lowest BCUT2D eigenvalue weighted by Crippen LogP contribution is -2.19. The van der Waals surface area contributed by atoms with Crippen molar-refractivity contribution in [2.75, 3.05) is 5.75 Å². The molecule has 4 aromatic rings. The van der Waals surface area contributed by atoms with Crippen molar-refractivity contribution in [3.63, 3.8) is 0 Å². The number of nitrogens with zero attached hydrogens (tertiary/aromatic N) is 4. The van der Waals surface area contributed by atoms with Gasteiger partial charge in [-0.25, -0.2) is 5.43 Å². The highest BCUT2D eigenvalue weighted by Crippen LogP contribution is 2.29. The second kappa shape index (κ2) is 9.43. The third kappa shape index (κ3) is 4.79. The average molecular weight is 438 g/mol. The molecule has 0 saturated carbocycles. The first kappa shape index (κ1) is 19.9. The lowest BCUT2D eigenvalue weighted by atomic mass is 10.2. The van der Waals surface area contributed by atoms with Crippen molar-refractivity contribution in [1.82, 2.24) is 20.2 Å². The van der Waals surface area contributed by atoms with Crippen LogP contribution in [-0.2, 0) is 4.79 Å². The number of furan rings is 1. The number of para-hydroxylation sites is 1. The Kier molecular flexibility index (Phi) is 6.26. The average Bonchev–Trinajstić information content (AvgIpc) is 3.43. The zero-order valence-corrected chi connectivity index (χ0v) is 17.2. The van der Waals surface area contributed by atoms with Crippen LogP contribution in [0.1, 0.15) is 5.76 Å². The fraction of sp³-hybridized carbons (Fsp3) is 0.0476. The number of hydrogen-bond donors (Lipinski definition) is 1. The molecule has 0 atom stereocenters. The van der Waals surface area contributed by atoms with Gasteiger partial charge in [0.15, 0.2) is 11.0 Å². The summed E-state index contributed by atoms with van der Waals surface area (Å²) in [5, 5.41) is 13.7. The van der Waals surface area contributed by atoms with Crippen molar-refractivity contribution < 1.29 is 9.21 Å². The summed E-state index contributed by atoms with van der Waals surface area (Å²) in [6, 6.07) is 20.6. The molecule has 7 nitrogen and oxygen atoms in total. The van der Waals surface area contributed by atoms with Crippen LogP contribution in [0.4, 0.5) is 0 Å². The first-order valence-corrected chi connectivity index (χ1v) is 10.3. The number of nitrogens with one attached hydrogen (secondary N) is 1. The first-order chi connectivity index (χ1) is 14.7. The largest absolute Gasteiger partial charge is 0.463 e. The molecule has 9 heteroatoms. The molecule has 0 radical (unpaired) electrons. The molecule has 0 aliphatic heterocycles. The Morgan fingerprint density at radius 2 is 2.00 bits per heavy atom. The minimum atomic E-state index is -0.269. The van der Waals surface area contributed by atoms with Crippen LogP contribution < -0.4 is 5.43 Å². The molecule has 2 aromatic heterocycles. The van der Waals surface area contributed by atoms with Gasteiger partial charge in [-0.1, -0.05) is 53.7 Å². The van der Waals surface area contributed by atoms with Crippen LogP contribution in [0.25, 0.3) is 17.1 Å². The van der Waals surface area contributed by atoms with Crippen molar-refractivity contribution in [3.8, 4) is 17.1 Å². The number of amides is 1. The molecule has 0 unspecified atom stereocenters. The summed E-state index contributed by atoms with van der Waals surface area (Å²) < 4.78 is 7.02. The number of carbonyl (C=O) groups is 1. The molecular formula is C21H16ClN5O2S. The molecular weight excluding hydrogens is 422 g/mol. The number of thioether (sulfide) groups is 1. The normalized spacial score (nSPS) is 11.1. The van der Waals surface area contributed by atoms with Gasteiger partial charge in [0.1, 0.15) is 5.76 Å². The van der Waals surface area contributed by atoms with E-state index in [4.69, 9.17) is 16.0 Å². The lowest BCUT2D eigenvalue weighted by Gasteiger charge is -2.10. The molecule has 0 aliphatic rings. The molecule has 0 spiro atoms. The predicted octanol–water partition coefficient (Wildman–Crippen LogP) is 4.42. The molecule has 1 amide bonds. The Bertz CT molecular complexity index is 1160. The monoisotopic (exact) mass is 437 g/mol. The Labute approximate surface area is 181 Å². The van der Waals surface area contributed by atoms with Crippen molar-refractivity contribution in [2.24, 2.45) is 5.10 Å². The number of rotatable bonds is 7. The summed E-state index contributed by atoms with van der Waals surface area (Å²) in [5.74, 6) is 1.05. The van der Waals surface area contributed by atoms with E-state index in [1.165, 1.54) is 24.2 Å². The van der Waals surface area contributed by atoms with Crippen molar-refractivity contribution >= 4 is 35.5 Å². The quantitative estimate of drug-likeness (QED) is 0.263. The topological polar surface area (TPSA) is 85.3 Å². The summed E-state index contributed by atoms with van der Waals surface area (Å²) in [4.78, 5) is 12.2. The van der Waals surface area contributed by atoms with Crippen LogP contribution in [0.15, 0.2) is 87.7 Å². The molecule has 2 heterocycles. The summed E-state index contributed by atoms with van der Waals surface area (Å²) in [6.07, 6.45) is 2.97. The second-order valence-electron chi connectivity index (χ2n) is 6.08. The van der Waals surface area contributed by atoms with Crippen LogP contribution in [-0.4, -0.2) is 32.6 Å². The van der Waals surface area contributed by atoms with Gasteiger partial charge in [0.05, 0.1) is 18.2 Å². The van der Waals surface area contributed by atoms with Crippen molar-refractivity contribution in [2.45, 2.75) is 5.16 Å². The van der Waals surface area contributed by atoms with Crippen LogP contribution in [0.3, 0.4) is 0 Å². The molecule has 0 aliphatic carbocycles. The van der Waals surface area contributed by atoms with Crippen LogP contribution in [0.5, 0.6) is 0 Å². The SMILES string of the molecule is O=C(CSc1nnc(-c2cccc(Cl)c2)n1-c1ccccc1)NN=Cc1ccco1. The summed E-state index contributed by atoms with van der Waals surface area (Å²) in [6.45, 7) is 0. The zero-order valence-electron chi connectivity index (χ0n) is 15.6. The molecule has 30 heavy (non-hydrogen) atoms. The van der Waals surface area contributed by atoms with Crippen molar-refractivity contribution in [1.29, 1.82) is 0 Å². The number of benzene rings is 2. The summed E-state index contributed by atoms with van der Waals surface area (Å²) in [7, 11) is 0. The van der Waals surface area contributed by atoms with E-state index in [2.05, 4.69) is 20.7 Å². The zero-order chi connectivity index (χ0) is 20.8. The Morgan fingerprint density at radius 3 is 2.77 bits per heavy atom. The lowest BCUT2D eigenvalue weighted by molar-refractivity contribution is -0.118. The highest BCUT2D eigenvalue weighted by Gasteiger charge is 2.17. The highest BCUT2D eigenvalue weighted by atomic mass is 35.5. The van der Waals surface area contributed by atoms with Gasteiger partial charge in [-0.3, -0.25) is 9.36 Å². The number of hydrogen-bond acceptors (Lipinski definition) is 6. The number of carbonyl (C=O) groups excluding carboxylic acids is 1. The van der Waals surface area contributed by atoms with Crippen LogP contribution >= 0.6 is 23.4 Å². The van der Waals surface area contributed by atoms with Gasteiger partial charge in [0.2, 0.25) is 0 Å². The second-order valence-corrected chi connectivity index (χ2v) is 7.46. The minimum Gasteiger partial charge on any atom is -0.463 e. The van der Waals surface area contributed by atoms with E-state index < -0.39 is 0 Å². The fourth-order valence-corrected chi connectivity index (χ4v) is 3.62. The molecule has 150 valence electrons. The first-order valence-electron chi connectivity index (χ1n) is 8.96. The maximum absolute atomic E-state index is 12.2. The predicted molar refractivity (Wildman–Crippen MR) is 117 cm³/mol. The van der Waals surface area contributed by atoms with Crippen LogP contribution in [0, 0.1) is 0 Å². The third-order valence-corrected chi connectivity index (χ3v) is 5.15. The Balaban J connectivity index is 1.54. The van der Waals surface area contributed by atoms with E-state index in [-0.39, 0.29) is 11.7 Å². The molecule has 2 aromatic carbocycles. The van der Waals surface area contributed by atoms with E-state index in [1.54, 1.807) is 18.2 Å². The summed E-state index contributed by atoms with van der Waals surface area (Å²) >= 11 is 7.42. The van der Waals surface area contributed by atoms with Gasteiger partial charge in [0, 0.05) is 16.3 Å².